The van der Waals surface area contributed by atoms with Crippen LogP contribution >= 0.6 is 11.6 Å². The molecule has 2 aromatic carbocycles. The molecule has 6 nitrogen and oxygen atoms in total. The highest BCUT2D eigenvalue weighted by molar-refractivity contribution is 6.31. The monoisotopic (exact) mass is 448 g/mol. The van der Waals surface area contributed by atoms with Crippen LogP contribution in [0.15, 0.2) is 67.0 Å². The van der Waals surface area contributed by atoms with Crippen LogP contribution in [0.2, 0.25) is 5.02 Å². The van der Waals surface area contributed by atoms with Gasteiger partial charge >= 0.3 is 0 Å². The van der Waals surface area contributed by atoms with Crippen LogP contribution in [0.3, 0.4) is 0 Å². The van der Waals surface area contributed by atoms with E-state index in [9.17, 15) is 4.79 Å². The number of ether oxygens (including phenoxy) is 1. The summed E-state index contributed by atoms with van der Waals surface area (Å²) >= 11 is 6.07. The molecule has 1 amide bonds. The highest BCUT2D eigenvalue weighted by Gasteiger charge is 2.12. The molecule has 164 valence electrons. The number of pyridine rings is 1. The van der Waals surface area contributed by atoms with E-state index in [1.165, 1.54) is 0 Å². The molecule has 2 aromatic heterocycles. The fourth-order valence-electron chi connectivity index (χ4n) is 3.54. The zero-order valence-electron chi connectivity index (χ0n) is 17.9. The van der Waals surface area contributed by atoms with Crippen molar-refractivity contribution < 1.29 is 9.53 Å². The first-order chi connectivity index (χ1) is 15.6. The Morgan fingerprint density at radius 1 is 1.09 bits per heavy atom. The molecule has 0 saturated carbocycles. The van der Waals surface area contributed by atoms with E-state index in [0.29, 0.717) is 18.7 Å². The Balaban J connectivity index is 1.36. The summed E-state index contributed by atoms with van der Waals surface area (Å²) in [5.41, 5.74) is 3.58. The largest absolute Gasteiger partial charge is 0.494 e. The number of halogens is 1. The predicted octanol–water partition coefficient (Wildman–Crippen LogP) is 5.18. The number of para-hydroxylation sites is 2. The number of nitrogens with one attached hydrogen (secondary N) is 1. The Morgan fingerprint density at radius 2 is 1.91 bits per heavy atom. The van der Waals surface area contributed by atoms with E-state index < -0.39 is 0 Å². The van der Waals surface area contributed by atoms with E-state index in [-0.39, 0.29) is 5.91 Å². The molecular formula is C25H25ClN4O2. The van der Waals surface area contributed by atoms with Crippen molar-refractivity contribution in [2.75, 3.05) is 6.61 Å². The van der Waals surface area contributed by atoms with Crippen molar-refractivity contribution in [2.24, 2.45) is 0 Å². The molecule has 0 aliphatic heterocycles. The third-order valence-electron chi connectivity index (χ3n) is 5.26. The minimum absolute atomic E-state index is 0.141. The van der Waals surface area contributed by atoms with Crippen molar-refractivity contribution in [1.29, 1.82) is 0 Å². The molecule has 2 heterocycles. The Kier molecular flexibility index (Phi) is 7.02. The standard InChI is InChI=1S/C25H25ClN4O2/c1-18-16-20(8-9-21(18)26)32-15-5-4-14-30-23-7-3-2-6-22(23)29-24(30)17-28-25(31)19-10-12-27-13-11-19/h2-3,6-13,16H,4-5,14-15,17H2,1H3,(H,28,31). The predicted molar refractivity (Wildman–Crippen MR) is 126 cm³/mol. The van der Waals surface area contributed by atoms with Crippen molar-refractivity contribution in [2.45, 2.75) is 32.9 Å². The van der Waals surface area contributed by atoms with Gasteiger partial charge in [-0.15, -0.1) is 0 Å². The normalized spacial score (nSPS) is 10.9. The molecule has 0 aliphatic rings. The summed E-state index contributed by atoms with van der Waals surface area (Å²) in [6, 6.07) is 17.1. The Hall–Kier alpha value is -3.38. The first kappa shape index (κ1) is 21.8. The van der Waals surface area contributed by atoms with Crippen LogP contribution in [-0.4, -0.2) is 27.0 Å². The third kappa shape index (κ3) is 5.26. The number of unbranched alkanes of at least 4 members (excludes halogenated alkanes) is 1. The fraction of sp³-hybridized carbons (Fsp3) is 0.240. The number of hydrogen-bond acceptors (Lipinski definition) is 4. The van der Waals surface area contributed by atoms with E-state index in [2.05, 4.69) is 20.9 Å². The van der Waals surface area contributed by atoms with E-state index in [1.54, 1.807) is 24.5 Å². The number of rotatable bonds is 9. The molecule has 4 rings (SSSR count). The van der Waals surface area contributed by atoms with Crippen molar-refractivity contribution in [3.63, 3.8) is 0 Å². The van der Waals surface area contributed by atoms with Gasteiger partial charge in [-0.1, -0.05) is 23.7 Å². The van der Waals surface area contributed by atoms with Gasteiger partial charge in [0, 0.05) is 29.5 Å². The lowest BCUT2D eigenvalue weighted by molar-refractivity contribution is 0.0949. The van der Waals surface area contributed by atoms with Gasteiger partial charge in [0.2, 0.25) is 0 Å². The van der Waals surface area contributed by atoms with Gasteiger partial charge in [0.1, 0.15) is 11.6 Å². The van der Waals surface area contributed by atoms with Crippen molar-refractivity contribution >= 4 is 28.5 Å². The Bertz CT molecular complexity index is 1210. The minimum atomic E-state index is -0.141. The number of imidazole rings is 1. The van der Waals surface area contributed by atoms with Crippen LogP contribution in [-0.2, 0) is 13.1 Å². The van der Waals surface area contributed by atoms with Gasteiger partial charge in [-0.25, -0.2) is 4.98 Å². The molecule has 0 atom stereocenters. The second-order valence-electron chi connectivity index (χ2n) is 7.55. The molecule has 32 heavy (non-hydrogen) atoms. The van der Waals surface area contributed by atoms with Gasteiger partial charge < -0.3 is 14.6 Å². The highest BCUT2D eigenvalue weighted by atomic mass is 35.5. The van der Waals surface area contributed by atoms with E-state index in [0.717, 1.165) is 52.6 Å². The molecule has 7 heteroatoms. The summed E-state index contributed by atoms with van der Waals surface area (Å²) in [4.78, 5) is 21.1. The zero-order valence-corrected chi connectivity index (χ0v) is 18.7. The van der Waals surface area contributed by atoms with E-state index >= 15 is 0 Å². The number of fused-ring (bicyclic) bond motifs is 1. The van der Waals surface area contributed by atoms with Gasteiger partial charge in [0.25, 0.3) is 5.91 Å². The Morgan fingerprint density at radius 3 is 2.72 bits per heavy atom. The maximum absolute atomic E-state index is 12.4. The van der Waals surface area contributed by atoms with Gasteiger partial charge in [-0.05, 0) is 67.8 Å². The Labute approximate surface area is 192 Å². The van der Waals surface area contributed by atoms with E-state index in [4.69, 9.17) is 21.3 Å². The van der Waals surface area contributed by atoms with Crippen molar-refractivity contribution in [3.05, 3.63) is 89.0 Å². The summed E-state index contributed by atoms with van der Waals surface area (Å²) in [6.45, 7) is 3.75. The second kappa shape index (κ2) is 10.3. The molecule has 0 fully saturated rings. The number of hydrogen-bond donors (Lipinski definition) is 1. The average Bonchev–Trinajstić information content (AvgIpc) is 3.17. The highest BCUT2D eigenvalue weighted by Crippen LogP contribution is 2.21. The number of nitrogens with zero attached hydrogens (tertiary/aromatic N) is 3. The van der Waals surface area contributed by atoms with Crippen LogP contribution < -0.4 is 10.1 Å². The number of aryl methyl sites for hydroxylation is 2. The molecule has 1 N–H and O–H groups in total. The van der Waals surface area contributed by atoms with Crippen LogP contribution in [0.5, 0.6) is 5.75 Å². The molecule has 0 bridgehead atoms. The first-order valence-corrected chi connectivity index (χ1v) is 11.0. The van der Waals surface area contributed by atoms with Gasteiger partial charge in [0.15, 0.2) is 0 Å². The van der Waals surface area contributed by atoms with Crippen molar-refractivity contribution in [3.8, 4) is 5.75 Å². The molecular weight excluding hydrogens is 424 g/mol. The molecule has 0 saturated heterocycles. The number of benzene rings is 2. The summed E-state index contributed by atoms with van der Waals surface area (Å²) < 4.78 is 8.04. The number of carbonyl (C=O) groups excluding carboxylic acids is 1. The zero-order chi connectivity index (χ0) is 22.3. The number of carbonyl (C=O) groups is 1. The summed E-state index contributed by atoms with van der Waals surface area (Å²) in [5.74, 6) is 1.53. The summed E-state index contributed by atoms with van der Waals surface area (Å²) in [6.07, 6.45) is 5.05. The lowest BCUT2D eigenvalue weighted by Gasteiger charge is -2.11. The summed E-state index contributed by atoms with van der Waals surface area (Å²) in [5, 5.41) is 3.71. The first-order valence-electron chi connectivity index (χ1n) is 10.6. The topological polar surface area (TPSA) is 69.0 Å². The SMILES string of the molecule is Cc1cc(OCCCCn2c(CNC(=O)c3ccncc3)nc3ccccc32)ccc1Cl. The number of amides is 1. The average molecular weight is 449 g/mol. The lowest BCUT2D eigenvalue weighted by atomic mass is 10.2. The maximum atomic E-state index is 12.4. The van der Waals surface area contributed by atoms with Crippen LogP contribution in [0.25, 0.3) is 11.0 Å². The minimum Gasteiger partial charge on any atom is -0.494 e. The quantitative estimate of drug-likeness (QED) is 0.358. The smallest absolute Gasteiger partial charge is 0.251 e. The molecule has 0 unspecified atom stereocenters. The molecule has 0 radical (unpaired) electrons. The van der Waals surface area contributed by atoms with Gasteiger partial charge in [-0.3, -0.25) is 9.78 Å². The molecule has 0 aliphatic carbocycles. The second-order valence-corrected chi connectivity index (χ2v) is 7.96. The van der Waals surface area contributed by atoms with E-state index in [1.807, 2.05) is 43.3 Å². The van der Waals surface area contributed by atoms with Crippen LogP contribution in [0, 0.1) is 6.92 Å². The van der Waals surface area contributed by atoms with Crippen molar-refractivity contribution in [1.82, 2.24) is 19.9 Å². The number of aromatic nitrogens is 3. The van der Waals surface area contributed by atoms with Crippen LogP contribution in [0.4, 0.5) is 0 Å². The maximum Gasteiger partial charge on any atom is 0.251 e. The van der Waals surface area contributed by atoms with Gasteiger partial charge in [-0.2, -0.15) is 0 Å². The summed E-state index contributed by atoms with van der Waals surface area (Å²) in [7, 11) is 0. The lowest BCUT2D eigenvalue weighted by Crippen LogP contribution is -2.24. The third-order valence-corrected chi connectivity index (χ3v) is 5.68. The fourth-order valence-corrected chi connectivity index (χ4v) is 3.66. The van der Waals surface area contributed by atoms with Gasteiger partial charge in [0.05, 0.1) is 24.2 Å². The van der Waals surface area contributed by atoms with Crippen LogP contribution in [0.1, 0.15) is 34.6 Å². The molecule has 0 spiro atoms. The molecule has 4 aromatic rings.